The number of ether oxygens (including phenoxy) is 2. The van der Waals surface area contributed by atoms with Crippen LogP contribution < -0.4 is 4.74 Å². The standard InChI is InChI=1S/C15H14O4/c1-18-15(17)12-5-7-14(8-6-12)19-10-11-3-2-4-13(16)9-11/h2-9,16H,10H2,1H3. The van der Waals surface area contributed by atoms with E-state index in [1.54, 1.807) is 42.5 Å². The predicted molar refractivity (Wildman–Crippen MR) is 70.2 cm³/mol. The summed E-state index contributed by atoms with van der Waals surface area (Å²) < 4.78 is 10.2. The second-order valence-corrected chi connectivity index (χ2v) is 3.97. The van der Waals surface area contributed by atoms with Gasteiger partial charge in [-0.2, -0.15) is 0 Å². The molecule has 4 heteroatoms. The van der Waals surface area contributed by atoms with E-state index in [0.717, 1.165) is 5.56 Å². The molecular formula is C15H14O4. The molecule has 2 aromatic carbocycles. The molecule has 0 bridgehead atoms. The highest BCUT2D eigenvalue weighted by Gasteiger charge is 2.04. The van der Waals surface area contributed by atoms with Crippen molar-refractivity contribution in [2.24, 2.45) is 0 Å². The van der Waals surface area contributed by atoms with Gasteiger partial charge in [-0.25, -0.2) is 4.79 Å². The van der Waals surface area contributed by atoms with Gasteiger partial charge in [-0.1, -0.05) is 12.1 Å². The summed E-state index contributed by atoms with van der Waals surface area (Å²) in [6, 6.07) is 13.6. The number of hydrogen-bond donors (Lipinski definition) is 1. The van der Waals surface area contributed by atoms with Gasteiger partial charge < -0.3 is 14.6 Å². The van der Waals surface area contributed by atoms with Crippen molar-refractivity contribution < 1.29 is 19.4 Å². The SMILES string of the molecule is COC(=O)c1ccc(OCc2cccc(O)c2)cc1. The van der Waals surface area contributed by atoms with Gasteiger partial charge in [0.1, 0.15) is 18.1 Å². The number of carbonyl (C=O) groups is 1. The Labute approximate surface area is 111 Å². The number of carbonyl (C=O) groups excluding carboxylic acids is 1. The first-order valence-corrected chi connectivity index (χ1v) is 5.78. The maximum absolute atomic E-state index is 11.3. The van der Waals surface area contributed by atoms with E-state index >= 15 is 0 Å². The Morgan fingerprint density at radius 3 is 2.53 bits per heavy atom. The molecule has 4 nitrogen and oxygen atoms in total. The third-order valence-corrected chi connectivity index (χ3v) is 2.59. The zero-order chi connectivity index (χ0) is 13.7. The highest BCUT2D eigenvalue weighted by atomic mass is 16.5. The number of aromatic hydroxyl groups is 1. The molecule has 0 heterocycles. The fourth-order valence-corrected chi connectivity index (χ4v) is 1.62. The van der Waals surface area contributed by atoms with Crippen molar-refractivity contribution in [2.45, 2.75) is 6.61 Å². The van der Waals surface area contributed by atoms with E-state index in [2.05, 4.69) is 4.74 Å². The van der Waals surface area contributed by atoms with E-state index < -0.39 is 0 Å². The molecular weight excluding hydrogens is 244 g/mol. The Morgan fingerprint density at radius 2 is 1.89 bits per heavy atom. The van der Waals surface area contributed by atoms with Crippen molar-refractivity contribution in [2.75, 3.05) is 7.11 Å². The first-order valence-electron chi connectivity index (χ1n) is 5.78. The lowest BCUT2D eigenvalue weighted by molar-refractivity contribution is 0.0600. The lowest BCUT2D eigenvalue weighted by Gasteiger charge is -2.07. The number of methoxy groups -OCH3 is 1. The summed E-state index contributed by atoms with van der Waals surface area (Å²) in [6.45, 7) is 0.353. The molecule has 19 heavy (non-hydrogen) atoms. The Balaban J connectivity index is 1.98. The molecule has 0 aliphatic rings. The molecule has 0 saturated carbocycles. The van der Waals surface area contributed by atoms with Gasteiger partial charge >= 0.3 is 5.97 Å². The topological polar surface area (TPSA) is 55.8 Å². The molecule has 0 saturated heterocycles. The van der Waals surface area contributed by atoms with Crippen LogP contribution in [0.1, 0.15) is 15.9 Å². The van der Waals surface area contributed by atoms with Gasteiger partial charge in [-0.05, 0) is 42.0 Å². The Bertz CT molecular complexity index is 561. The zero-order valence-corrected chi connectivity index (χ0v) is 10.5. The van der Waals surface area contributed by atoms with Crippen LogP contribution in [-0.2, 0) is 11.3 Å². The fourth-order valence-electron chi connectivity index (χ4n) is 1.62. The van der Waals surface area contributed by atoms with Crippen molar-refractivity contribution in [3.63, 3.8) is 0 Å². The quantitative estimate of drug-likeness (QED) is 0.857. The second kappa shape index (κ2) is 5.91. The molecule has 98 valence electrons. The summed E-state index contributed by atoms with van der Waals surface area (Å²) in [5, 5.41) is 9.33. The predicted octanol–water partition coefficient (Wildman–Crippen LogP) is 2.76. The monoisotopic (exact) mass is 258 g/mol. The third kappa shape index (κ3) is 3.48. The van der Waals surface area contributed by atoms with Gasteiger partial charge in [0.15, 0.2) is 0 Å². The molecule has 0 aromatic heterocycles. The van der Waals surface area contributed by atoms with Gasteiger partial charge in [0.25, 0.3) is 0 Å². The summed E-state index contributed by atoms with van der Waals surface area (Å²) in [7, 11) is 1.34. The largest absolute Gasteiger partial charge is 0.508 e. The first-order chi connectivity index (χ1) is 9.19. The van der Waals surface area contributed by atoms with Crippen LogP contribution in [0.15, 0.2) is 48.5 Å². The number of phenols is 1. The average Bonchev–Trinajstić information content (AvgIpc) is 2.45. The number of esters is 1. The number of hydrogen-bond acceptors (Lipinski definition) is 4. The summed E-state index contributed by atoms with van der Waals surface area (Å²) in [6.07, 6.45) is 0. The van der Waals surface area contributed by atoms with E-state index in [4.69, 9.17) is 4.74 Å². The zero-order valence-electron chi connectivity index (χ0n) is 10.5. The van der Waals surface area contributed by atoms with Crippen LogP contribution in [0.3, 0.4) is 0 Å². The highest BCUT2D eigenvalue weighted by Crippen LogP contribution is 2.16. The second-order valence-electron chi connectivity index (χ2n) is 3.97. The molecule has 0 fully saturated rings. The number of rotatable bonds is 4. The van der Waals surface area contributed by atoms with E-state index in [0.29, 0.717) is 17.9 Å². The van der Waals surface area contributed by atoms with Crippen LogP contribution in [0, 0.1) is 0 Å². The average molecular weight is 258 g/mol. The Kier molecular flexibility index (Phi) is 4.03. The molecule has 0 aliphatic heterocycles. The molecule has 1 N–H and O–H groups in total. The summed E-state index contributed by atoms with van der Waals surface area (Å²) in [5.41, 5.74) is 1.35. The number of benzene rings is 2. The molecule has 0 atom stereocenters. The van der Waals surface area contributed by atoms with Crippen LogP contribution in [-0.4, -0.2) is 18.2 Å². The van der Waals surface area contributed by atoms with Crippen molar-refractivity contribution in [3.8, 4) is 11.5 Å². The number of phenolic OH excluding ortho intramolecular Hbond substituents is 1. The molecule has 0 aliphatic carbocycles. The smallest absolute Gasteiger partial charge is 0.337 e. The molecule has 0 amide bonds. The summed E-state index contributed by atoms with van der Waals surface area (Å²) >= 11 is 0. The van der Waals surface area contributed by atoms with E-state index in [1.807, 2.05) is 6.07 Å². The van der Waals surface area contributed by atoms with E-state index in [-0.39, 0.29) is 11.7 Å². The Hall–Kier alpha value is -2.49. The minimum Gasteiger partial charge on any atom is -0.508 e. The fraction of sp³-hybridized carbons (Fsp3) is 0.133. The van der Waals surface area contributed by atoms with Gasteiger partial charge in [0.05, 0.1) is 12.7 Å². The minimum absolute atomic E-state index is 0.210. The van der Waals surface area contributed by atoms with E-state index in [1.165, 1.54) is 7.11 Å². The maximum Gasteiger partial charge on any atom is 0.337 e. The molecule has 0 spiro atoms. The lowest BCUT2D eigenvalue weighted by atomic mass is 10.2. The Morgan fingerprint density at radius 1 is 1.16 bits per heavy atom. The van der Waals surface area contributed by atoms with Crippen LogP contribution >= 0.6 is 0 Å². The first kappa shape index (κ1) is 13.0. The van der Waals surface area contributed by atoms with Gasteiger partial charge in [-0.3, -0.25) is 0 Å². The van der Waals surface area contributed by atoms with Crippen molar-refractivity contribution in [1.29, 1.82) is 0 Å². The van der Waals surface area contributed by atoms with Crippen LogP contribution in [0.25, 0.3) is 0 Å². The van der Waals surface area contributed by atoms with Crippen molar-refractivity contribution in [3.05, 3.63) is 59.7 Å². The van der Waals surface area contributed by atoms with Crippen LogP contribution in [0.4, 0.5) is 0 Å². The third-order valence-electron chi connectivity index (χ3n) is 2.59. The van der Waals surface area contributed by atoms with Gasteiger partial charge in [0, 0.05) is 0 Å². The van der Waals surface area contributed by atoms with Gasteiger partial charge in [0.2, 0.25) is 0 Å². The molecule has 0 radical (unpaired) electrons. The molecule has 0 unspecified atom stereocenters. The minimum atomic E-state index is -0.375. The summed E-state index contributed by atoms with van der Waals surface area (Å²) in [5.74, 6) is 0.484. The van der Waals surface area contributed by atoms with Crippen LogP contribution in [0.5, 0.6) is 11.5 Å². The van der Waals surface area contributed by atoms with Gasteiger partial charge in [-0.15, -0.1) is 0 Å². The molecule has 2 rings (SSSR count). The normalized spacial score (nSPS) is 9.95. The van der Waals surface area contributed by atoms with Crippen molar-refractivity contribution in [1.82, 2.24) is 0 Å². The molecule has 2 aromatic rings. The maximum atomic E-state index is 11.3. The lowest BCUT2D eigenvalue weighted by Crippen LogP contribution is -2.01. The van der Waals surface area contributed by atoms with Crippen LogP contribution in [0.2, 0.25) is 0 Å². The van der Waals surface area contributed by atoms with Crippen molar-refractivity contribution >= 4 is 5.97 Å². The summed E-state index contributed by atoms with van der Waals surface area (Å²) in [4.78, 5) is 11.3. The highest BCUT2D eigenvalue weighted by molar-refractivity contribution is 5.89. The van der Waals surface area contributed by atoms with E-state index in [9.17, 15) is 9.90 Å².